The van der Waals surface area contributed by atoms with Gasteiger partial charge < -0.3 is 10.5 Å². The number of pyridine rings is 1. The summed E-state index contributed by atoms with van der Waals surface area (Å²) in [5, 5.41) is -0.0817. The lowest BCUT2D eigenvalue weighted by molar-refractivity contribution is 0.0474. The third-order valence-corrected chi connectivity index (χ3v) is 4.66. The number of ketones is 1. The summed E-state index contributed by atoms with van der Waals surface area (Å²) in [6.07, 6.45) is 1.39. The van der Waals surface area contributed by atoms with Gasteiger partial charge in [0.15, 0.2) is 6.61 Å². The standard InChI is InChI=1S/C20H17ClN4O5/c1-24-18(27)15(14(26)11-30-19(28)13-8-5-9-23-16(13)21)17(22)25(20(24)29)10-12-6-3-2-4-7-12/h2-9H,10-11,22H2,1H3. The SMILES string of the molecule is Cn1c(=O)c(C(=O)COC(=O)c2cccnc2Cl)c(N)n(Cc2ccccc2)c1=O. The summed E-state index contributed by atoms with van der Waals surface area (Å²) in [5.41, 5.74) is 4.75. The molecule has 0 aliphatic heterocycles. The Balaban J connectivity index is 1.90. The average molecular weight is 429 g/mol. The lowest BCUT2D eigenvalue weighted by atomic mass is 10.2. The van der Waals surface area contributed by atoms with Crippen molar-refractivity contribution in [3.8, 4) is 0 Å². The first kappa shape index (κ1) is 21.0. The van der Waals surface area contributed by atoms with Crippen LogP contribution >= 0.6 is 11.6 Å². The monoisotopic (exact) mass is 428 g/mol. The molecule has 9 nitrogen and oxygen atoms in total. The van der Waals surface area contributed by atoms with Crippen LogP contribution in [0.2, 0.25) is 5.15 Å². The number of nitrogen functional groups attached to an aromatic ring is 1. The molecule has 30 heavy (non-hydrogen) atoms. The van der Waals surface area contributed by atoms with Crippen LogP contribution in [0.15, 0.2) is 58.3 Å². The molecule has 3 rings (SSSR count). The second-order valence-electron chi connectivity index (χ2n) is 6.32. The van der Waals surface area contributed by atoms with Gasteiger partial charge in [-0.2, -0.15) is 0 Å². The van der Waals surface area contributed by atoms with Crippen LogP contribution < -0.4 is 17.0 Å². The number of halogens is 1. The Hall–Kier alpha value is -3.72. The van der Waals surface area contributed by atoms with Gasteiger partial charge in [0.2, 0.25) is 5.78 Å². The van der Waals surface area contributed by atoms with Gasteiger partial charge in [0.05, 0.1) is 12.1 Å². The molecule has 2 heterocycles. The first-order valence-electron chi connectivity index (χ1n) is 8.75. The molecular formula is C20H17ClN4O5. The van der Waals surface area contributed by atoms with Crippen molar-refractivity contribution >= 4 is 29.2 Å². The van der Waals surface area contributed by atoms with Gasteiger partial charge >= 0.3 is 11.7 Å². The molecule has 0 saturated heterocycles. The Kier molecular flexibility index (Phi) is 6.12. The number of nitrogens with two attached hydrogens (primary N) is 1. The number of hydrogen-bond acceptors (Lipinski definition) is 7. The zero-order chi connectivity index (χ0) is 21.8. The summed E-state index contributed by atoms with van der Waals surface area (Å²) in [6.45, 7) is -0.696. The maximum Gasteiger partial charge on any atom is 0.341 e. The molecule has 2 aromatic heterocycles. The molecule has 0 saturated carbocycles. The van der Waals surface area contributed by atoms with Crippen molar-refractivity contribution in [3.63, 3.8) is 0 Å². The highest BCUT2D eigenvalue weighted by Crippen LogP contribution is 2.14. The van der Waals surface area contributed by atoms with E-state index in [1.54, 1.807) is 24.3 Å². The minimum absolute atomic E-state index is 0.0260. The minimum Gasteiger partial charge on any atom is -0.454 e. The van der Waals surface area contributed by atoms with Gasteiger partial charge in [-0.25, -0.2) is 14.6 Å². The van der Waals surface area contributed by atoms with Crippen LogP contribution in [0.3, 0.4) is 0 Å². The van der Waals surface area contributed by atoms with Gasteiger partial charge in [-0.1, -0.05) is 41.9 Å². The predicted octanol–water partition coefficient (Wildman–Crippen LogP) is 1.27. The van der Waals surface area contributed by atoms with Crippen molar-refractivity contribution in [2.45, 2.75) is 6.54 Å². The fourth-order valence-electron chi connectivity index (χ4n) is 2.78. The van der Waals surface area contributed by atoms with E-state index in [2.05, 4.69) is 4.98 Å². The fourth-order valence-corrected chi connectivity index (χ4v) is 2.98. The van der Waals surface area contributed by atoms with Crippen LogP contribution in [0.25, 0.3) is 0 Å². The Morgan fingerprint density at radius 3 is 2.50 bits per heavy atom. The van der Waals surface area contributed by atoms with E-state index in [1.807, 2.05) is 6.07 Å². The van der Waals surface area contributed by atoms with E-state index >= 15 is 0 Å². The van der Waals surface area contributed by atoms with E-state index in [9.17, 15) is 19.2 Å². The van der Waals surface area contributed by atoms with E-state index < -0.39 is 35.2 Å². The summed E-state index contributed by atoms with van der Waals surface area (Å²) in [7, 11) is 1.24. The van der Waals surface area contributed by atoms with E-state index in [-0.39, 0.29) is 23.1 Å². The zero-order valence-corrected chi connectivity index (χ0v) is 16.6. The number of Topliss-reactive ketones (excluding diaryl/α,β-unsaturated/α-hetero) is 1. The van der Waals surface area contributed by atoms with Gasteiger partial charge in [0.1, 0.15) is 16.5 Å². The fraction of sp³-hybridized carbons (Fsp3) is 0.150. The molecule has 0 aliphatic rings. The van der Waals surface area contributed by atoms with Crippen LogP contribution in [-0.2, 0) is 18.3 Å². The van der Waals surface area contributed by atoms with Gasteiger partial charge in [-0.05, 0) is 17.7 Å². The second kappa shape index (κ2) is 8.75. The quantitative estimate of drug-likeness (QED) is 0.356. The van der Waals surface area contributed by atoms with Crippen molar-refractivity contribution in [1.82, 2.24) is 14.1 Å². The van der Waals surface area contributed by atoms with Crippen LogP contribution in [0.1, 0.15) is 26.3 Å². The maximum absolute atomic E-state index is 12.6. The smallest absolute Gasteiger partial charge is 0.341 e. The number of nitrogens with zero attached hydrogens (tertiary/aromatic N) is 3. The minimum atomic E-state index is -0.880. The molecule has 0 atom stereocenters. The number of carbonyl (C=O) groups excluding carboxylic acids is 2. The number of carbonyl (C=O) groups is 2. The second-order valence-corrected chi connectivity index (χ2v) is 6.68. The highest BCUT2D eigenvalue weighted by Gasteiger charge is 2.23. The van der Waals surface area contributed by atoms with Crippen LogP contribution in [0, 0.1) is 0 Å². The number of hydrogen-bond donors (Lipinski definition) is 1. The number of esters is 1. The maximum atomic E-state index is 12.6. The molecular weight excluding hydrogens is 412 g/mol. The Labute approximate surface area is 175 Å². The van der Waals surface area contributed by atoms with Gasteiger partial charge in [0, 0.05) is 13.2 Å². The highest BCUT2D eigenvalue weighted by molar-refractivity contribution is 6.32. The summed E-state index contributed by atoms with van der Waals surface area (Å²) >= 11 is 5.83. The van der Waals surface area contributed by atoms with E-state index in [4.69, 9.17) is 22.1 Å². The third kappa shape index (κ3) is 4.15. The normalized spacial score (nSPS) is 10.6. The largest absolute Gasteiger partial charge is 0.454 e. The summed E-state index contributed by atoms with van der Waals surface area (Å²) in [5.74, 6) is -2.02. The molecule has 0 bridgehead atoms. The average Bonchev–Trinajstić information content (AvgIpc) is 2.75. The lowest BCUT2D eigenvalue weighted by Crippen LogP contribution is -2.43. The van der Waals surface area contributed by atoms with Crippen molar-refractivity contribution in [2.75, 3.05) is 12.3 Å². The molecule has 154 valence electrons. The molecule has 3 aromatic rings. The molecule has 0 fully saturated rings. The summed E-state index contributed by atoms with van der Waals surface area (Å²) in [6, 6.07) is 11.8. The Morgan fingerprint density at radius 1 is 1.13 bits per heavy atom. The number of aromatic nitrogens is 3. The van der Waals surface area contributed by atoms with E-state index in [1.165, 1.54) is 25.4 Å². The molecule has 0 amide bonds. The van der Waals surface area contributed by atoms with Crippen molar-refractivity contribution in [1.29, 1.82) is 0 Å². The third-order valence-electron chi connectivity index (χ3n) is 4.36. The van der Waals surface area contributed by atoms with E-state index in [0.717, 1.165) is 14.7 Å². The topological polar surface area (TPSA) is 126 Å². The number of benzene rings is 1. The first-order chi connectivity index (χ1) is 14.3. The van der Waals surface area contributed by atoms with Crippen LogP contribution in [0.4, 0.5) is 5.82 Å². The number of anilines is 1. The Morgan fingerprint density at radius 2 is 1.83 bits per heavy atom. The van der Waals surface area contributed by atoms with Crippen LogP contribution in [0.5, 0.6) is 0 Å². The molecule has 2 N–H and O–H groups in total. The molecule has 1 aromatic carbocycles. The van der Waals surface area contributed by atoms with E-state index in [0.29, 0.717) is 0 Å². The zero-order valence-electron chi connectivity index (χ0n) is 15.9. The number of ether oxygens (including phenoxy) is 1. The Bertz CT molecular complexity index is 1230. The van der Waals surface area contributed by atoms with Crippen LogP contribution in [-0.4, -0.2) is 32.5 Å². The lowest BCUT2D eigenvalue weighted by Gasteiger charge is -2.14. The van der Waals surface area contributed by atoms with Gasteiger partial charge in [-0.3, -0.25) is 18.7 Å². The molecule has 0 unspecified atom stereocenters. The number of rotatable bonds is 6. The predicted molar refractivity (Wildman–Crippen MR) is 110 cm³/mol. The van der Waals surface area contributed by atoms with Crippen molar-refractivity contribution in [2.24, 2.45) is 7.05 Å². The van der Waals surface area contributed by atoms with Crippen molar-refractivity contribution < 1.29 is 14.3 Å². The first-order valence-corrected chi connectivity index (χ1v) is 9.13. The molecule has 0 aliphatic carbocycles. The summed E-state index contributed by atoms with van der Waals surface area (Å²) < 4.78 is 6.86. The van der Waals surface area contributed by atoms with Gasteiger partial charge in [-0.15, -0.1) is 0 Å². The summed E-state index contributed by atoms with van der Waals surface area (Å²) in [4.78, 5) is 53.5. The molecule has 0 radical (unpaired) electrons. The molecule has 0 spiro atoms. The highest BCUT2D eigenvalue weighted by atomic mass is 35.5. The molecule has 10 heteroatoms. The van der Waals surface area contributed by atoms with Gasteiger partial charge in [0.25, 0.3) is 5.56 Å². The van der Waals surface area contributed by atoms with Crippen molar-refractivity contribution in [3.05, 3.63) is 91.3 Å².